The van der Waals surface area contributed by atoms with E-state index in [1.54, 1.807) is 0 Å². The number of nitrogens with one attached hydrogen (secondary N) is 1. The third-order valence-corrected chi connectivity index (χ3v) is 3.83. The van der Waals surface area contributed by atoms with Crippen LogP contribution in [0.15, 0.2) is 24.5 Å². The van der Waals surface area contributed by atoms with E-state index >= 15 is 0 Å². The van der Waals surface area contributed by atoms with Gasteiger partial charge in [0.1, 0.15) is 0 Å². The van der Waals surface area contributed by atoms with Gasteiger partial charge in [0, 0.05) is 57.2 Å². The van der Waals surface area contributed by atoms with Crippen LogP contribution in [0.4, 0.5) is 0 Å². The van der Waals surface area contributed by atoms with Crippen LogP contribution in [-0.2, 0) is 6.54 Å². The number of piperazine rings is 1. The van der Waals surface area contributed by atoms with E-state index in [2.05, 4.69) is 53.1 Å². The maximum Gasteiger partial charge on any atom is 0.0281 e. The van der Waals surface area contributed by atoms with Crippen LogP contribution >= 0.6 is 0 Å². The quantitative estimate of drug-likeness (QED) is 0.864. The molecule has 0 saturated carbocycles. The van der Waals surface area contributed by atoms with E-state index in [9.17, 15) is 0 Å². The lowest BCUT2D eigenvalue weighted by Gasteiger charge is -2.43. The smallest absolute Gasteiger partial charge is 0.0281 e. The van der Waals surface area contributed by atoms with Gasteiger partial charge in [-0.2, -0.15) is 0 Å². The number of aromatic nitrogens is 1. The summed E-state index contributed by atoms with van der Waals surface area (Å²) in [6.07, 6.45) is 3.73. The Labute approximate surface area is 116 Å². The topological polar surface area (TPSA) is 31.4 Å². The summed E-state index contributed by atoms with van der Waals surface area (Å²) in [6.45, 7) is 11.3. The lowest BCUT2D eigenvalue weighted by Crippen LogP contribution is -2.57. The van der Waals surface area contributed by atoms with E-state index in [4.69, 9.17) is 0 Å². The Morgan fingerprint density at radius 2 is 1.89 bits per heavy atom. The lowest BCUT2D eigenvalue weighted by atomic mass is 10.0. The molecule has 1 aliphatic heterocycles. The first kappa shape index (κ1) is 14.4. The van der Waals surface area contributed by atoms with Crippen LogP contribution < -0.4 is 5.32 Å². The number of hydrogen-bond donors (Lipinski definition) is 1. The molecule has 0 atom stereocenters. The van der Waals surface area contributed by atoms with Crippen molar-refractivity contribution in [1.82, 2.24) is 20.1 Å². The summed E-state index contributed by atoms with van der Waals surface area (Å²) < 4.78 is 0. The molecule has 1 saturated heterocycles. The predicted molar refractivity (Wildman–Crippen MR) is 79.1 cm³/mol. The number of pyridine rings is 1. The zero-order chi connectivity index (χ0) is 13.7. The fourth-order valence-corrected chi connectivity index (χ4v) is 2.89. The molecule has 1 N–H and O–H groups in total. The van der Waals surface area contributed by atoms with Crippen molar-refractivity contribution in [3.63, 3.8) is 0 Å². The molecule has 0 aliphatic carbocycles. The Morgan fingerprint density at radius 1 is 1.26 bits per heavy atom. The normalized spacial score (nSPS) is 17.9. The van der Waals surface area contributed by atoms with Gasteiger partial charge in [-0.1, -0.05) is 0 Å². The molecule has 0 spiro atoms. The van der Waals surface area contributed by atoms with Gasteiger partial charge in [-0.3, -0.25) is 9.88 Å². The lowest BCUT2D eigenvalue weighted by molar-refractivity contribution is 0.0693. The predicted octanol–water partition coefficient (Wildman–Crippen LogP) is 1.20. The fraction of sp³-hybridized carbons (Fsp3) is 0.667. The van der Waals surface area contributed by atoms with Crippen molar-refractivity contribution in [2.24, 2.45) is 0 Å². The van der Waals surface area contributed by atoms with E-state index < -0.39 is 0 Å². The van der Waals surface area contributed by atoms with Crippen LogP contribution in [0.3, 0.4) is 0 Å². The van der Waals surface area contributed by atoms with Gasteiger partial charge in [0.25, 0.3) is 0 Å². The Hall–Kier alpha value is -0.970. The highest BCUT2D eigenvalue weighted by Gasteiger charge is 2.28. The molecule has 2 heterocycles. The summed E-state index contributed by atoms with van der Waals surface area (Å²) in [5.74, 6) is 0. The molecule has 0 bridgehead atoms. The molecule has 1 aromatic heterocycles. The molecule has 19 heavy (non-hydrogen) atoms. The van der Waals surface area contributed by atoms with E-state index in [0.29, 0.717) is 0 Å². The molecule has 4 heteroatoms. The largest absolute Gasteiger partial charge is 0.314 e. The highest BCUT2D eigenvalue weighted by atomic mass is 15.3. The Bertz CT molecular complexity index is 371. The number of rotatable bonds is 5. The summed E-state index contributed by atoms with van der Waals surface area (Å²) in [7, 11) is 2.20. The fourth-order valence-electron chi connectivity index (χ4n) is 2.89. The second-order valence-corrected chi connectivity index (χ2v) is 6.08. The van der Waals surface area contributed by atoms with Crippen molar-refractivity contribution in [2.75, 3.05) is 39.8 Å². The van der Waals surface area contributed by atoms with Gasteiger partial charge >= 0.3 is 0 Å². The summed E-state index contributed by atoms with van der Waals surface area (Å²) >= 11 is 0. The van der Waals surface area contributed by atoms with Crippen molar-refractivity contribution < 1.29 is 0 Å². The number of hydrogen-bond acceptors (Lipinski definition) is 4. The highest BCUT2D eigenvalue weighted by molar-refractivity contribution is 5.09. The molecule has 4 nitrogen and oxygen atoms in total. The van der Waals surface area contributed by atoms with Gasteiger partial charge in [0.15, 0.2) is 0 Å². The minimum absolute atomic E-state index is 0.226. The molecule has 0 amide bonds. The van der Waals surface area contributed by atoms with E-state index in [1.807, 2.05) is 12.4 Å². The average molecular weight is 262 g/mol. The number of likely N-dealkylation sites (N-methyl/N-ethyl adjacent to an activating group) is 1. The highest BCUT2D eigenvalue weighted by Crippen LogP contribution is 2.17. The van der Waals surface area contributed by atoms with E-state index in [-0.39, 0.29) is 5.54 Å². The van der Waals surface area contributed by atoms with Crippen molar-refractivity contribution in [3.8, 4) is 0 Å². The third kappa shape index (κ3) is 4.27. The zero-order valence-electron chi connectivity index (χ0n) is 12.4. The van der Waals surface area contributed by atoms with Gasteiger partial charge in [0.2, 0.25) is 0 Å². The second kappa shape index (κ2) is 6.46. The number of nitrogens with zero attached hydrogens (tertiary/aromatic N) is 3. The summed E-state index contributed by atoms with van der Waals surface area (Å²) in [5.41, 5.74) is 1.55. The van der Waals surface area contributed by atoms with Crippen LogP contribution in [-0.4, -0.2) is 60.1 Å². The van der Waals surface area contributed by atoms with Crippen LogP contribution in [0.5, 0.6) is 0 Å². The molecule has 0 unspecified atom stereocenters. The van der Waals surface area contributed by atoms with Crippen molar-refractivity contribution in [2.45, 2.75) is 25.9 Å². The minimum Gasteiger partial charge on any atom is -0.314 e. The molecule has 0 aromatic carbocycles. The second-order valence-electron chi connectivity index (χ2n) is 6.08. The average Bonchev–Trinajstić information content (AvgIpc) is 2.40. The van der Waals surface area contributed by atoms with Crippen LogP contribution in [0.1, 0.15) is 19.4 Å². The Kier molecular flexibility index (Phi) is 4.91. The Balaban J connectivity index is 1.88. The maximum absolute atomic E-state index is 4.07. The van der Waals surface area contributed by atoms with Crippen molar-refractivity contribution >= 4 is 0 Å². The SMILES string of the molecule is CN(Cc1ccncc1)CC(C)(C)N1CCNCC1. The molecule has 0 radical (unpaired) electrons. The monoisotopic (exact) mass is 262 g/mol. The minimum atomic E-state index is 0.226. The molecule has 106 valence electrons. The Morgan fingerprint density at radius 3 is 2.53 bits per heavy atom. The van der Waals surface area contributed by atoms with Gasteiger partial charge in [-0.25, -0.2) is 0 Å². The third-order valence-electron chi connectivity index (χ3n) is 3.83. The van der Waals surface area contributed by atoms with Gasteiger partial charge in [-0.05, 0) is 38.6 Å². The summed E-state index contributed by atoms with van der Waals surface area (Å²) in [5, 5.41) is 3.42. The first-order valence-corrected chi connectivity index (χ1v) is 7.11. The van der Waals surface area contributed by atoms with Gasteiger partial charge in [0.05, 0.1) is 0 Å². The van der Waals surface area contributed by atoms with Gasteiger partial charge in [-0.15, -0.1) is 0 Å². The first-order chi connectivity index (χ1) is 9.08. The molecule has 1 aliphatic rings. The van der Waals surface area contributed by atoms with Gasteiger partial charge < -0.3 is 10.2 Å². The van der Waals surface area contributed by atoms with Crippen LogP contribution in [0.25, 0.3) is 0 Å². The molecule has 2 rings (SSSR count). The van der Waals surface area contributed by atoms with Crippen molar-refractivity contribution in [3.05, 3.63) is 30.1 Å². The van der Waals surface area contributed by atoms with E-state index in [1.165, 1.54) is 5.56 Å². The zero-order valence-corrected chi connectivity index (χ0v) is 12.4. The molecule has 1 aromatic rings. The standard InChI is InChI=1S/C15H26N4/c1-15(2,19-10-8-17-9-11-19)13-18(3)12-14-4-6-16-7-5-14/h4-7,17H,8-13H2,1-3H3. The first-order valence-electron chi connectivity index (χ1n) is 7.11. The van der Waals surface area contributed by atoms with Crippen molar-refractivity contribution in [1.29, 1.82) is 0 Å². The van der Waals surface area contributed by atoms with E-state index in [0.717, 1.165) is 39.3 Å². The molecule has 1 fully saturated rings. The summed E-state index contributed by atoms with van der Waals surface area (Å²) in [4.78, 5) is 9.06. The molecular formula is C15H26N4. The van der Waals surface area contributed by atoms with Crippen LogP contribution in [0, 0.1) is 0 Å². The van der Waals surface area contributed by atoms with Crippen LogP contribution in [0.2, 0.25) is 0 Å². The maximum atomic E-state index is 4.07. The summed E-state index contributed by atoms with van der Waals surface area (Å²) in [6, 6.07) is 4.18. The molecular weight excluding hydrogens is 236 g/mol.